The van der Waals surface area contributed by atoms with Crippen molar-refractivity contribution >= 4 is 6.03 Å². The number of hydrogen-bond donors (Lipinski definition) is 1. The average Bonchev–Trinajstić information content (AvgIpc) is 2.59. The summed E-state index contributed by atoms with van der Waals surface area (Å²) >= 11 is 0. The second-order valence-corrected chi connectivity index (χ2v) is 6.54. The number of carbonyl (C=O) groups excluding carboxylic acids is 1. The zero-order valence-corrected chi connectivity index (χ0v) is 14.5. The van der Waals surface area contributed by atoms with Gasteiger partial charge in [0.2, 0.25) is 0 Å². The predicted molar refractivity (Wildman–Crippen MR) is 93.7 cm³/mol. The van der Waals surface area contributed by atoms with Gasteiger partial charge in [-0.05, 0) is 42.9 Å². The first-order valence-electron chi connectivity index (χ1n) is 8.89. The van der Waals surface area contributed by atoms with Crippen LogP contribution in [0.4, 0.5) is 4.79 Å². The van der Waals surface area contributed by atoms with Crippen molar-refractivity contribution in [2.45, 2.75) is 52.0 Å². The minimum Gasteiger partial charge on any atom is -0.494 e. The summed E-state index contributed by atoms with van der Waals surface area (Å²) in [6.45, 7) is 4.26. The Bertz CT molecular complexity index is 467. The van der Waals surface area contributed by atoms with Crippen LogP contribution in [-0.4, -0.2) is 31.1 Å². The number of hydrogen-bond acceptors (Lipinski definition) is 2. The van der Waals surface area contributed by atoms with Crippen molar-refractivity contribution in [3.8, 4) is 5.75 Å². The number of urea groups is 1. The molecule has 1 aliphatic carbocycles. The van der Waals surface area contributed by atoms with Crippen molar-refractivity contribution in [1.82, 2.24) is 10.2 Å². The van der Waals surface area contributed by atoms with Crippen molar-refractivity contribution in [3.05, 3.63) is 29.8 Å². The van der Waals surface area contributed by atoms with Gasteiger partial charge in [-0.25, -0.2) is 4.79 Å². The lowest BCUT2D eigenvalue weighted by Gasteiger charge is -2.27. The summed E-state index contributed by atoms with van der Waals surface area (Å²) in [4.78, 5) is 14.0. The number of amides is 2. The molecule has 128 valence electrons. The topological polar surface area (TPSA) is 41.6 Å². The second kappa shape index (κ2) is 9.43. The highest BCUT2D eigenvalue weighted by molar-refractivity contribution is 5.73. The van der Waals surface area contributed by atoms with E-state index in [-0.39, 0.29) is 6.03 Å². The van der Waals surface area contributed by atoms with Crippen molar-refractivity contribution in [1.29, 1.82) is 0 Å². The molecule has 0 unspecified atom stereocenters. The molecular formula is C19H30N2O2. The van der Waals surface area contributed by atoms with E-state index in [4.69, 9.17) is 4.74 Å². The molecule has 1 aromatic carbocycles. The van der Waals surface area contributed by atoms with Crippen LogP contribution in [0.15, 0.2) is 24.3 Å². The maximum Gasteiger partial charge on any atom is 0.317 e. The van der Waals surface area contributed by atoms with Gasteiger partial charge in [-0.1, -0.05) is 38.3 Å². The first-order valence-corrected chi connectivity index (χ1v) is 8.89. The number of ether oxygens (including phenoxy) is 1. The third-order valence-electron chi connectivity index (χ3n) is 4.44. The monoisotopic (exact) mass is 318 g/mol. The highest BCUT2D eigenvalue weighted by Crippen LogP contribution is 2.24. The van der Waals surface area contributed by atoms with E-state index in [1.54, 1.807) is 0 Å². The summed E-state index contributed by atoms with van der Waals surface area (Å²) in [5.41, 5.74) is 1.09. The summed E-state index contributed by atoms with van der Waals surface area (Å²) in [6, 6.07) is 7.95. The highest BCUT2D eigenvalue weighted by atomic mass is 16.5. The summed E-state index contributed by atoms with van der Waals surface area (Å²) in [6.07, 6.45) is 7.50. The minimum atomic E-state index is 0.0156. The predicted octanol–water partition coefficient (Wildman–Crippen LogP) is 4.20. The van der Waals surface area contributed by atoms with Crippen LogP contribution < -0.4 is 10.1 Å². The third kappa shape index (κ3) is 6.12. The van der Waals surface area contributed by atoms with Crippen LogP contribution in [0.25, 0.3) is 0 Å². The van der Waals surface area contributed by atoms with Crippen molar-refractivity contribution < 1.29 is 9.53 Å². The van der Waals surface area contributed by atoms with Crippen LogP contribution in [0.3, 0.4) is 0 Å². The van der Waals surface area contributed by atoms with E-state index in [0.29, 0.717) is 12.5 Å². The Labute approximate surface area is 140 Å². The number of nitrogens with zero attached hydrogens (tertiary/aromatic N) is 1. The summed E-state index contributed by atoms with van der Waals surface area (Å²) in [7, 11) is 1.89. The maximum atomic E-state index is 12.2. The fourth-order valence-corrected chi connectivity index (χ4v) is 3.08. The molecule has 0 atom stereocenters. The molecule has 0 bridgehead atoms. The standard InChI is InChI=1S/C19H30N2O2/c1-3-13-23-18-11-9-16(10-12-18)14-20-19(22)21(2)15-17-7-5-4-6-8-17/h9-12,17H,3-8,13-15H2,1-2H3,(H,20,22). The smallest absolute Gasteiger partial charge is 0.317 e. The first-order chi connectivity index (χ1) is 11.2. The first kappa shape index (κ1) is 17.6. The Morgan fingerprint density at radius 1 is 1.22 bits per heavy atom. The van der Waals surface area contributed by atoms with Gasteiger partial charge in [-0.3, -0.25) is 0 Å². The molecule has 1 fully saturated rings. The fraction of sp³-hybridized carbons (Fsp3) is 0.632. The van der Waals surface area contributed by atoms with Gasteiger partial charge in [0, 0.05) is 20.1 Å². The zero-order valence-electron chi connectivity index (χ0n) is 14.5. The number of carbonyl (C=O) groups is 1. The summed E-state index contributed by atoms with van der Waals surface area (Å²) in [5, 5.41) is 3.00. The van der Waals surface area contributed by atoms with E-state index in [1.807, 2.05) is 36.2 Å². The van der Waals surface area contributed by atoms with E-state index in [9.17, 15) is 4.79 Å². The molecule has 4 nitrogen and oxygen atoms in total. The van der Waals surface area contributed by atoms with Crippen LogP contribution in [0.1, 0.15) is 51.0 Å². The molecule has 0 heterocycles. The fourth-order valence-electron chi connectivity index (χ4n) is 3.08. The van der Waals surface area contributed by atoms with Crippen LogP contribution >= 0.6 is 0 Å². The zero-order chi connectivity index (χ0) is 16.5. The van der Waals surface area contributed by atoms with E-state index in [2.05, 4.69) is 12.2 Å². The van der Waals surface area contributed by atoms with Crippen LogP contribution in [0.5, 0.6) is 5.75 Å². The Hall–Kier alpha value is -1.71. The lowest BCUT2D eigenvalue weighted by molar-refractivity contribution is 0.192. The molecule has 4 heteroatoms. The van der Waals surface area contributed by atoms with Crippen LogP contribution in [0.2, 0.25) is 0 Å². The molecule has 0 aliphatic heterocycles. The van der Waals surface area contributed by atoms with Gasteiger partial charge in [0.25, 0.3) is 0 Å². The summed E-state index contributed by atoms with van der Waals surface area (Å²) < 4.78 is 5.56. The number of nitrogens with one attached hydrogen (secondary N) is 1. The second-order valence-electron chi connectivity index (χ2n) is 6.54. The van der Waals surface area contributed by atoms with Gasteiger partial charge in [-0.2, -0.15) is 0 Å². The van der Waals surface area contributed by atoms with Gasteiger partial charge in [0.1, 0.15) is 5.75 Å². The lowest BCUT2D eigenvalue weighted by atomic mass is 9.89. The van der Waals surface area contributed by atoms with Gasteiger partial charge in [0.05, 0.1) is 6.61 Å². The normalized spacial score (nSPS) is 15.2. The Kier molecular flexibility index (Phi) is 7.24. The number of rotatable bonds is 7. The maximum absolute atomic E-state index is 12.2. The molecule has 2 rings (SSSR count). The molecule has 23 heavy (non-hydrogen) atoms. The van der Waals surface area contributed by atoms with Crippen molar-refractivity contribution in [2.24, 2.45) is 5.92 Å². The van der Waals surface area contributed by atoms with Gasteiger partial charge in [-0.15, -0.1) is 0 Å². The Balaban J connectivity index is 1.72. The molecule has 0 radical (unpaired) electrons. The van der Waals surface area contributed by atoms with Crippen LogP contribution in [-0.2, 0) is 6.54 Å². The average molecular weight is 318 g/mol. The molecule has 2 amide bonds. The quantitative estimate of drug-likeness (QED) is 0.818. The van der Waals surface area contributed by atoms with E-state index in [1.165, 1.54) is 32.1 Å². The molecule has 1 N–H and O–H groups in total. The number of benzene rings is 1. The van der Waals surface area contributed by atoms with E-state index in [0.717, 1.165) is 30.9 Å². The van der Waals surface area contributed by atoms with Crippen molar-refractivity contribution in [3.63, 3.8) is 0 Å². The Morgan fingerprint density at radius 2 is 1.91 bits per heavy atom. The molecular weight excluding hydrogens is 288 g/mol. The highest BCUT2D eigenvalue weighted by Gasteiger charge is 2.17. The van der Waals surface area contributed by atoms with Crippen LogP contribution in [0, 0.1) is 5.92 Å². The van der Waals surface area contributed by atoms with Gasteiger partial charge in [0.15, 0.2) is 0 Å². The molecule has 1 aliphatic rings. The molecule has 1 saturated carbocycles. The van der Waals surface area contributed by atoms with Gasteiger partial charge < -0.3 is 15.0 Å². The largest absolute Gasteiger partial charge is 0.494 e. The van der Waals surface area contributed by atoms with E-state index >= 15 is 0 Å². The lowest BCUT2D eigenvalue weighted by Crippen LogP contribution is -2.39. The molecule has 1 aromatic rings. The Morgan fingerprint density at radius 3 is 2.57 bits per heavy atom. The van der Waals surface area contributed by atoms with E-state index < -0.39 is 0 Å². The molecule has 0 aromatic heterocycles. The van der Waals surface area contributed by atoms with Gasteiger partial charge >= 0.3 is 6.03 Å². The minimum absolute atomic E-state index is 0.0156. The SMILES string of the molecule is CCCOc1ccc(CNC(=O)N(C)CC2CCCCC2)cc1. The van der Waals surface area contributed by atoms with Crippen molar-refractivity contribution in [2.75, 3.05) is 20.2 Å². The third-order valence-corrected chi connectivity index (χ3v) is 4.44. The molecule has 0 saturated heterocycles. The summed E-state index contributed by atoms with van der Waals surface area (Å²) in [5.74, 6) is 1.56. The molecule has 0 spiro atoms.